The Hall–Kier alpha value is -4.38. The van der Waals surface area contributed by atoms with E-state index in [1.165, 1.54) is 24.3 Å². The number of anilines is 2. The second-order valence-corrected chi connectivity index (χ2v) is 7.27. The number of aldehydes is 1. The summed E-state index contributed by atoms with van der Waals surface area (Å²) in [5, 5.41) is 14.1. The largest absolute Gasteiger partial charge is 0.387 e. The Morgan fingerprint density at radius 1 is 1.00 bits per heavy atom. The highest BCUT2D eigenvalue weighted by molar-refractivity contribution is 6.43. The van der Waals surface area contributed by atoms with Crippen molar-refractivity contribution in [3.05, 3.63) is 60.2 Å². The predicted molar refractivity (Wildman–Crippen MR) is 120 cm³/mol. The molecule has 0 aromatic heterocycles. The van der Waals surface area contributed by atoms with Crippen LogP contribution in [-0.2, 0) is 24.0 Å². The molecule has 0 saturated carbocycles. The van der Waals surface area contributed by atoms with E-state index in [1.54, 1.807) is 30.3 Å². The minimum absolute atomic E-state index is 0.109. The van der Waals surface area contributed by atoms with E-state index < -0.39 is 48.6 Å². The average molecular weight is 466 g/mol. The molecule has 2 aromatic carbocycles. The van der Waals surface area contributed by atoms with Gasteiger partial charge in [0.05, 0.1) is 24.5 Å². The van der Waals surface area contributed by atoms with Crippen LogP contribution in [0.25, 0.3) is 0 Å². The number of amides is 4. The summed E-state index contributed by atoms with van der Waals surface area (Å²) >= 11 is 0. The van der Waals surface area contributed by atoms with E-state index >= 15 is 0 Å². The maximum absolute atomic E-state index is 13.4. The van der Waals surface area contributed by atoms with Crippen molar-refractivity contribution < 1.29 is 33.9 Å². The second kappa shape index (κ2) is 11.0. The number of hydrogen-bond acceptors (Lipinski definition) is 7. The Labute approximate surface area is 194 Å². The smallest absolute Gasteiger partial charge is 0.293 e. The molecule has 2 aromatic rings. The molecular formula is C23H22N4O7. The van der Waals surface area contributed by atoms with Gasteiger partial charge in [0.25, 0.3) is 17.7 Å². The van der Waals surface area contributed by atoms with E-state index in [0.29, 0.717) is 6.29 Å². The first kappa shape index (κ1) is 24.3. The lowest BCUT2D eigenvalue weighted by molar-refractivity contribution is -0.127. The molecule has 11 heteroatoms. The summed E-state index contributed by atoms with van der Waals surface area (Å²) in [5.41, 5.74) is 0.517. The van der Waals surface area contributed by atoms with Crippen LogP contribution in [0.4, 0.5) is 11.4 Å². The van der Waals surface area contributed by atoms with E-state index in [0.717, 1.165) is 9.80 Å². The van der Waals surface area contributed by atoms with E-state index in [-0.39, 0.29) is 30.0 Å². The highest BCUT2D eigenvalue weighted by Crippen LogP contribution is 2.32. The number of nitrogens with one attached hydrogen (secondary N) is 2. The number of fused-ring (bicyclic) bond motifs is 1. The molecule has 0 aliphatic carbocycles. The zero-order valence-electron chi connectivity index (χ0n) is 18.0. The van der Waals surface area contributed by atoms with Gasteiger partial charge in [-0.1, -0.05) is 42.5 Å². The van der Waals surface area contributed by atoms with Crippen LogP contribution in [0.1, 0.15) is 10.4 Å². The highest BCUT2D eigenvalue weighted by Gasteiger charge is 2.38. The number of nitrogens with zero attached hydrogens (tertiary/aromatic N) is 2. The Bertz CT molecular complexity index is 1120. The first-order chi connectivity index (χ1) is 16.4. The summed E-state index contributed by atoms with van der Waals surface area (Å²) in [6, 6.07) is 12.5. The number of carbonyl (C=O) groups excluding carboxylic acids is 6. The first-order valence-corrected chi connectivity index (χ1v) is 10.3. The number of ketones is 1. The van der Waals surface area contributed by atoms with Gasteiger partial charge in [0, 0.05) is 5.56 Å². The van der Waals surface area contributed by atoms with Crippen LogP contribution in [0.5, 0.6) is 0 Å². The normalized spacial score (nSPS) is 15.1. The molecule has 3 rings (SSSR count). The molecule has 3 N–H and O–H groups in total. The summed E-state index contributed by atoms with van der Waals surface area (Å²) in [5.74, 6) is -4.11. The Balaban J connectivity index is 1.96. The summed E-state index contributed by atoms with van der Waals surface area (Å²) in [4.78, 5) is 76.1. The summed E-state index contributed by atoms with van der Waals surface area (Å²) in [6.45, 7) is -2.02. The molecule has 0 fully saturated rings. The molecule has 1 aliphatic rings. The van der Waals surface area contributed by atoms with Crippen molar-refractivity contribution in [2.75, 3.05) is 36.0 Å². The van der Waals surface area contributed by atoms with Crippen molar-refractivity contribution in [1.82, 2.24) is 10.6 Å². The molecule has 4 amide bonds. The molecule has 0 spiro atoms. The molecule has 1 unspecified atom stereocenters. The van der Waals surface area contributed by atoms with Gasteiger partial charge in [0.15, 0.2) is 0 Å². The van der Waals surface area contributed by atoms with Crippen molar-refractivity contribution in [3.8, 4) is 0 Å². The Morgan fingerprint density at radius 3 is 2.29 bits per heavy atom. The SMILES string of the molecule is O=CCNC(=O)CN1C(=O)C(NC(=O)C(=O)c2ccccc2)CN(C(=O)CO)c2ccccc21. The van der Waals surface area contributed by atoms with Crippen LogP contribution >= 0.6 is 0 Å². The van der Waals surface area contributed by atoms with Gasteiger partial charge in [-0.3, -0.25) is 28.9 Å². The van der Waals surface area contributed by atoms with E-state index in [9.17, 15) is 33.9 Å². The minimum Gasteiger partial charge on any atom is -0.387 e. The van der Waals surface area contributed by atoms with Crippen molar-refractivity contribution in [2.45, 2.75) is 6.04 Å². The molecular weight excluding hydrogens is 444 g/mol. The lowest BCUT2D eigenvalue weighted by atomic mass is 10.1. The number of carbonyl (C=O) groups is 6. The number of aliphatic hydroxyl groups excluding tert-OH is 1. The fourth-order valence-electron chi connectivity index (χ4n) is 3.48. The Morgan fingerprint density at radius 2 is 1.65 bits per heavy atom. The summed E-state index contributed by atoms with van der Waals surface area (Å²) in [6.07, 6.45) is 0.482. The fourth-order valence-corrected chi connectivity index (χ4v) is 3.48. The van der Waals surface area contributed by atoms with Gasteiger partial charge in [-0.2, -0.15) is 0 Å². The van der Waals surface area contributed by atoms with Crippen molar-refractivity contribution in [1.29, 1.82) is 0 Å². The van der Waals surface area contributed by atoms with Crippen LogP contribution in [0.2, 0.25) is 0 Å². The monoisotopic (exact) mass is 466 g/mol. The van der Waals surface area contributed by atoms with Gasteiger partial charge < -0.3 is 25.4 Å². The molecule has 0 radical (unpaired) electrons. The third-order valence-electron chi connectivity index (χ3n) is 5.06. The number of aliphatic hydroxyl groups is 1. The molecule has 0 bridgehead atoms. The van der Waals surface area contributed by atoms with Crippen LogP contribution in [-0.4, -0.2) is 73.1 Å². The van der Waals surface area contributed by atoms with E-state index in [4.69, 9.17) is 0 Å². The topological polar surface area (TPSA) is 153 Å². The third-order valence-corrected chi connectivity index (χ3v) is 5.06. The molecule has 1 heterocycles. The summed E-state index contributed by atoms with van der Waals surface area (Å²) in [7, 11) is 0. The Kier molecular flexibility index (Phi) is 7.83. The first-order valence-electron chi connectivity index (χ1n) is 10.3. The van der Waals surface area contributed by atoms with Crippen LogP contribution in [0.3, 0.4) is 0 Å². The molecule has 34 heavy (non-hydrogen) atoms. The van der Waals surface area contributed by atoms with Crippen molar-refractivity contribution in [2.24, 2.45) is 0 Å². The lowest BCUT2D eigenvalue weighted by Crippen LogP contribution is -2.55. The molecule has 1 atom stereocenters. The molecule has 0 saturated heterocycles. The maximum Gasteiger partial charge on any atom is 0.293 e. The van der Waals surface area contributed by atoms with Gasteiger partial charge in [0.1, 0.15) is 25.5 Å². The van der Waals surface area contributed by atoms with Crippen LogP contribution < -0.4 is 20.4 Å². The second-order valence-electron chi connectivity index (χ2n) is 7.27. The highest BCUT2D eigenvalue weighted by atomic mass is 16.3. The number of benzene rings is 2. The lowest BCUT2D eigenvalue weighted by Gasteiger charge is -2.24. The third kappa shape index (κ3) is 5.33. The zero-order valence-corrected chi connectivity index (χ0v) is 18.0. The molecule has 176 valence electrons. The fraction of sp³-hybridized carbons (Fsp3) is 0.217. The number of rotatable bonds is 8. The standard InChI is InChI=1S/C23H22N4O7/c28-11-10-24-19(30)13-27-18-9-5-4-8-17(18)26(20(31)14-29)12-16(23(27)34)25-22(33)21(32)15-6-2-1-3-7-15/h1-9,11,16,29H,10,12-14H2,(H,24,30)(H,25,33). The van der Waals surface area contributed by atoms with Crippen LogP contribution in [0, 0.1) is 0 Å². The maximum atomic E-state index is 13.4. The van der Waals surface area contributed by atoms with Crippen molar-refractivity contribution in [3.63, 3.8) is 0 Å². The van der Waals surface area contributed by atoms with Crippen LogP contribution in [0.15, 0.2) is 54.6 Å². The molecule has 1 aliphatic heterocycles. The average Bonchev–Trinajstić information content (AvgIpc) is 2.97. The van der Waals surface area contributed by atoms with Gasteiger partial charge >= 0.3 is 0 Å². The van der Waals surface area contributed by atoms with Gasteiger partial charge in [-0.15, -0.1) is 0 Å². The molecule has 11 nitrogen and oxygen atoms in total. The van der Waals surface area contributed by atoms with Crippen molar-refractivity contribution >= 4 is 47.1 Å². The summed E-state index contributed by atoms with van der Waals surface area (Å²) < 4.78 is 0. The minimum atomic E-state index is -1.40. The van der Waals surface area contributed by atoms with Gasteiger partial charge in [-0.25, -0.2) is 0 Å². The quantitative estimate of drug-likeness (QED) is 0.257. The number of para-hydroxylation sites is 2. The van der Waals surface area contributed by atoms with Gasteiger partial charge in [0.2, 0.25) is 11.7 Å². The van der Waals surface area contributed by atoms with E-state index in [1.807, 2.05) is 0 Å². The predicted octanol–water partition coefficient (Wildman–Crippen LogP) is -0.959. The van der Waals surface area contributed by atoms with E-state index in [2.05, 4.69) is 10.6 Å². The number of Topliss-reactive ketones (excluding diaryl/α,β-unsaturated/α-hetero) is 1. The number of hydrogen-bond donors (Lipinski definition) is 3. The van der Waals surface area contributed by atoms with Gasteiger partial charge in [-0.05, 0) is 12.1 Å². The zero-order chi connectivity index (χ0) is 24.7.